The zero-order valence-electron chi connectivity index (χ0n) is 16.2. The van der Waals surface area contributed by atoms with Gasteiger partial charge in [-0.05, 0) is 57.4 Å². The molecule has 150 valence electrons. The molecule has 1 aromatic carbocycles. The number of likely N-dealkylation sites (tertiary alicyclic amines) is 2. The lowest BCUT2D eigenvalue weighted by Gasteiger charge is -2.37. The summed E-state index contributed by atoms with van der Waals surface area (Å²) in [6.07, 6.45) is 3.77. The number of nitrogens with zero attached hydrogens (tertiary/aromatic N) is 2. The lowest BCUT2D eigenvalue weighted by Crippen LogP contribution is -2.50. The van der Waals surface area contributed by atoms with E-state index < -0.39 is 0 Å². The summed E-state index contributed by atoms with van der Waals surface area (Å²) in [5.41, 5.74) is 1.91. The summed E-state index contributed by atoms with van der Waals surface area (Å²) < 4.78 is 0. The van der Waals surface area contributed by atoms with Crippen molar-refractivity contribution in [3.8, 4) is 0 Å². The third kappa shape index (κ3) is 5.59. The number of nitrogens with one attached hydrogen (secondary N) is 2. The predicted molar refractivity (Wildman–Crippen MR) is 110 cm³/mol. The Balaban J connectivity index is 0.00000261. The number of anilines is 1. The number of urea groups is 1. The molecule has 7 heteroatoms. The zero-order valence-corrected chi connectivity index (χ0v) is 17.1. The van der Waals surface area contributed by atoms with Crippen LogP contribution in [0.1, 0.15) is 31.2 Å². The van der Waals surface area contributed by atoms with E-state index in [1.165, 1.54) is 0 Å². The summed E-state index contributed by atoms with van der Waals surface area (Å²) in [5.74, 6) is 0.144. The van der Waals surface area contributed by atoms with Crippen LogP contribution in [-0.2, 0) is 4.79 Å². The van der Waals surface area contributed by atoms with Gasteiger partial charge in [0.25, 0.3) is 0 Å². The van der Waals surface area contributed by atoms with Crippen LogP contribution in [0.5, 0.6) is 0 Å². The highest BCUT2D eigenvalue weighted by Crippen LogP contribution is 2.22. The van der Waals surface area contributed by atoms with Gasteiger partial charge in [-0.2, -0.15) is 0 Å². The maximum absolute atomic E-state index is 12.9. The first-order chi connectivity index (χ1) is 12.6. The fourth-order valence-electron chi connectivity index (χ4n) is 3.94. The largest absolute Gasteiger partial charge is 0.342 e. The van der Waals surface area contributed by atoms with Crippen molar-refractivity contribution in [1.29, 1.82) is 0 Å². The molecular weight excluding hydrogens is 364 g/mol. The van der Waals surface area contributed by atoms with E-state index in [1.54, 1.807) is 4.90 Å². The third-order valence-electron chi connectivity index (χ3n) is 5.54. The molecule has 2 aliphatic rings. The maximum atomic E-state index is 12.9. The molecule has 0 aliphatic carbocycles. The Labute approximate surface area is 168 Å². The molecule has 0 saturated carbocycles. The van der Waals surface area contributed by atoms with Crippen LogP contribution in [0.15, 0.2) is 24.3 Å². The Morgan fingerprint density at radius 2 is 1.81 bits per heavy atom. The summed E-state index contributed by atoms with van der Waals surface area (Å²) >= 11 is 0. The van der Waals surface area contributed by atoms with E-state index in [9.17, 15) is 9.59 Å². The van der Waals surface area contributed by atoms with Crippen LogP contribution in [0.2, 0.25) is 0 Å². The van der Waals surface area contributed by atoms with Gasteiger partial charge >= 0.3 is 6.03 Å². The highest BCUT2D eigenvalue weighted by atomic mass is 35.5. The first-order valence-corrected chi connectivity index (χ1v) is 9.65. The lowest BCUT2D eigenvalue weighted by atomic mass is 9.95. The van der Waals surface area contributed by atoms with Crippen molar-refractivity contribution in [2.75, 3.05) is 38.5 Å². The molecule has 27 heavy (non-hydrogen) atoms. The van der Waals surface area contributed by atoms with Gasteiger partial charge < -0.3 is 20.4 Å². The van der Waals surface area contributed by atoms with Crippen LogP contribution in [0.25, 0.3) is 0 Å². The molecule has 0 spiro atoms. The topological polar surface area (TPSA) is 64.7 Å². The van der Waals surface area contributed by atoms with Gasteiger partial charge in [-0.3, -0.25) is 4.79 Å². The van der Waals surface area contributed by atoms with Crippen LogP contribution in [0.4, 0.5) is 10.5 Å². The van der Waals surface area contributed by atoms with Crippen molar-refractivity contribution in [2.24, 2.45) is 5.92 Å². The quantitative estimate of drug-likeness (QED) is 0.828. The van der Waals surface area contributed by atoms with Crippen molar-refractivity contribution < 1.29 is 9.59 Å². The predicted octanol–water partition coefficient (Wildman–Crippen LogP) is 2.87. The summed E-state index contributed by atoms with van der Waals surface area (Å²) in [5, 5.41) is 6.25. The minimum Gasteiger partial charge on any atom is -0.342 e. The molecular formula is C20H31ClN4O2. The summed E-state index contributed by atoms with van der Waals surface area (Å²) in [6, 6.07) is 8.19. The Bertz CT molecular complexity index is 647. The van der Waals surface area contributed by atoms with Crippen LogP contribution < -0.4 is 10.6 Å². The minimum atomic E-state index is -0.109. The van der Waals surface area contributed by atoms with Gasteiger partial charge in [-0.15, -0.1) is 12.4 Å². The van der Waals surface area contributed by atoms with E-state index in [4.69, 9.17) is 0 Å². The summed E-state index contributed by atoms with van der Waals surface area (Å²) in [4.78, 5) is 29.2. The fourth-order valence-corrected chi connectivity index (χ4v) is 3.94. The number of rotatable bonds is 3. The fraction of sp³-hybridized carbons (Fsp3) is 0.600. The standard InChI is InChI=1S/C20H30N4O2.ClH/c1-15-5-3-7-18(13-15)22-20(26)24-10-4-6-16(14-24)19(25)23-11-8-17(21-2)9-12-23;/h3,5,7,13,16-17,21H,4,6,8-12,14H2,1-2H3,(H,22,26);1H. The molecule has 2 saturated heterocycles. The number of hydrogen-bond acceptors (Lipinski definition) is 3. The molecule has 3 amide bonds. The van der Waals surface area contributed by atoms with Gasteiger partial charge in [0.05, 0.1) is 5.92 Å². The van der Waals surface area contributed by atoms with Crippen molar-refractivity contribution in [3.05, 3.63) is 29.8 Å². The number of aryl methyl sites for hydroxylation is 1. The molecule has 2 N–H and O–H groups in total. The van der Waals surface area contributed by atoms with Crippen LogP contribution in [0.3, 0.4) is 0 Å². The molecule has 3 rings (SSSR count). The highest BCUT2D eigenvalue weighted by molar-refractivity contribution is 5.90. The molecule has 2 fully saturated rings. The van der Waals surface area contributed by atoms with E-state index in [0.29, 0.717) is 19.1 Å². The molecule has 6 nitrogen and oxygen atoms in total. The number of carbonyl (C=O) groups is 2. The number of benzene rings is 1. The maximum Gasteiger partial charge on any atom is 0.321 e. The van der Waals surface area contributed by atoms with Gasteiger partial charge in [0.15, 0.2) is 0 Å². The van der Waals surface area contributed by atoms with Crippen molar-refractivity contribution >= 4 is 30.0 Å². The number of hydrogen-bond donors (Lipinski definition) is 2. The minimum absolute atomic E-state index is 0. The number of halogens is 1. The first kappa shape index (κ1) is 21.5. The molecule has 0 aromatic heterocycles. The Hall–Kier alpha value is -1.79. The summed E-state index contributed by atoms with van der Waals surface area (Å²) in [7, 11) is 1.98. The Morgan fingerprint density at radius 1 is 1.07 bits per heavy atom. The Morgan fingerprint density at radius 3 is 2.48 bits per heavy atom. The zero-order chi connectivity index (χ0) is 18.5. The van der Waals surface area contributed by atoms with Crippen molar-refractivity contribution in [3.63, 3.8) is 0 Å². The number of carbonyl (C=O) groups excluding carboxylic acids is 2. The van der Waals surface area contributed by atoms with Gasteiger partial charge in [0, 0.05) is 37.9 Å². The number of amides is 3. The molecule has 1 atom stereocenters. The van der Waals surface area contributed by atoms with Crippen LogP contribution >= 0.6 is 12.4 Å². The van der Waals surface area contributed by atoms with E-state index >= 15 is 0 Å². The normalized spacial score (nSPS) is 20.7. The molecule has 1 aromatic rings. The summed E-state index contributed by atoms with van der Waals surface area (Å²) in [6.45, 7) is 4.86. The van der Waals surface area contributed by atoms with E-state index in [1.807, 2.05) is 43.1 Å². The average molecular weight is 395 g/mol. The monoisotopic (exact) mass is 394 g/mol. The second-order valence-corrected chi connectivity index (χ2v) is 7.47. The molecule has 1 unspecified atom stereocenters. The van der Waals surface area contributed by atoms with Gasteiger partial charge in [-0.1, -0.05) is 12.1 Å². The highest BCUT2D eigenvalue weighted by Gasteiger charge is 2.32. The molecule has 0 bridgehead atoms. The first-order valence-electron chi connectivity index (χ1n) is 9.65. The second-order valence-electron chi connectivity index (χ2n) is 7.47. The number of piperidine rings is 2. The average Bonchev–Trinajstić information content (AvgIpc) is 2.67. The molecule has 2 heterocycles. The smallest absolute Gasteiger partial charge is 0.321 e. The van der Waals surface area contributed by atoms with Gasteiger partial charge in [0.2, 0.25) is 5.91 Å². The molecule has 2 aliphatic heterocycles. The third-order valence-corrected chi connectivity index (χ3v) is 5.54. The van der Waals surface area contributed by atoms with Crippen LogP contribution in [0, 0.1) is 12.8 Å². The van der Waals surface area contributed by atoms with Crippen molar-refractivity contribution in [2.45, 2.75) is 38.6 Å². The molecule has 0 radical (unpaired) electrons. The van der Waals surface area contributed by atoms with Crippen LogP contribution in [-0.4, -0.2) is 61.0 Å². The second kappa shape index (κ2) is 9.95. The van der Waals surface area contributed by atoms with Gasteiger partial charge in [0.1, 0.15) is 0 Å². The van der Waals surface area contributed by atoms with Crippen molar-refractivity contribution in [1.82, 2.24) is 15.1 Å². The van der Waals surface area contributed by atoms with Gasteiger partial charge in [-0.25, -0.2) is 4.79 Å². The van der Waals surface area contributed by atoms with E-state index in [-0.39, 0.29) is 30.3 Å². The lowest BCUT2D eigenvalue weighted by molar-refractivity contribution is -0.138. The van der Waals surface area contributed by atoms with E-state index in [0.717, 1.165) is 50.0 Å². The Kier molecular flexibility index (Phi) is 7.92. The van der Waals surface area contributed by atoms with E-state index in [2.05, 4.69) is 10.6 Å². The SMILES string of the molecule is CNC1CCN(C(=O)C2CCCN(C(=O)Nc3cccc(C)c3)C2)CC1.Cl.